The van der Waals surface area contributed by atoms with Crippen LogP contribution in [0.3, 0.4) is 0 Å². The van der Waals surface area contributed by atoms with Gasteiger partial charge in [-0.15, -0.1) is 0 Å². The van der Waals surface area contributed by atoms with Crippen molar-refractivity contribution in [2.24, 2.45) is 5.92 Å². The number of amides is 2. The molecule has 17 heavy (non-hydrogen) atoms. The zero-order valence-corrected chi connectivity index (χ0v) is 10.3. The van der Waals surface area contributed by atoms with Gasteiger partial charge in [-0.05, 0) is 12.3 Å². The Morgan fingerprint density at radius 2 is 1.59 bits per heavy atom. The molecule has 0 aromatic heterocycles. The molecule has 3 N–H and O–H groups in total. The summed E-state index contributed by atoms with van der Waals surface area (Å²) in [4.78, 5) is 32.5. The van der Waals surface area contributed by atoms with Gasteiger partial charge in [-0.1, -0.05) is 13.8 Å². The molecular formula is C11H20N2O4. The Morgan fingerprint density at radius 3 is 2.06 bits per heavy atom. The smallest absolute Gasteiger partial charge is 0.322 e. The van der Waals surface area contributed by atoms with E-state index in [4.69, 9.17) is 5.11 Å². The van der Waals surface area contributed by atoms with Crippen molar-refractivity contribution in [3.8, 4) is 0 Å². The summed E-state index contributed by atoms with van der Waals surface area (Å²) in [5, 5.41) is 13.2. The number of carboxylic acid groups (broad SMARTS) is 1. The van der Waals surface area contributed by atoms with E-state index < -0.39 is 18.4 Å². The van der Waals surface area contributed by atoms with Gasteiger partial charge in [0.25, 0.3) is 0 Å². The molecule has 0 bridgehead atoms. The van der Waals surface area contributed by atoms with Gasteiger partial charge in [0.2, 0.25) is 11.8 Å². The molecule has 0 aliphatic carbocycles. The summed E-state index contributed by atoms with van der Waals surface area (Å²) in [6.07, 6.45) is 1.00. The maximum atomic E-state index is 11.3. The fraction of sp³-hybridized carbons (Fsp3) is 0.727. The summed E-state index contributed by atoms with van der Waals surface area (Å²) in [5.74, 6) is -1.18. The molecule has 6 heteroatoms. The van der Waals surface area contributed by atoms with Gasteiger partial charge in [-0.3, -0.25) is 14.4 Å². The van der Waals surface area contributed by atoms with E-state index in [9.17, 15) is 14.4 Å². The summed E-state index contributed by atoms with van der Waals surface area (Å²) in [5.41, 5.74) is 0. The third kappa shape index (κ3) is 10.7. The first kappa shape index (κ1) is 15.4. The van der Waals surface area contributed by atoms with Gasteiger partial charge < -0.3 is 15.7 Å². The van der Waals surface area contributed by atoms with E-state index in [0.29, 0.717) is 12.5 Å². The zero-order chi connectivity index (χ0) is 13.3. The minimum atomic E-state index is -1.10. The maximum absolute atomic E-state index is 11.3. The molecule has 6 nitrogen and oxygen atoms in total. The molecule has 2 amide bonds. The molecule has 0 aromatic rings. The average molecular weight is 244 g/mol. The molecule has 0 spiro atoms. The van der Waals surface area contributed by atoms with Gasteiger partial charge in [-0.25, -0.2) is 0 Å². The van der Waals surface area contributed by atoms with Crippen molar-refractivity contribution in [1.29, 1.82) is 0 Å². The van der Waals surface area contributed by atoms with E-state index in [0.717, 1.165) is 6.42 Å². The number of nitrogens with one attached hydrogen (secondary N) is 2. The molecule has 0 unspecified atom stereocenters. The van der Waals surface area contributed by atoms with Crippen LogP contribution in [0.4, 0.5) is 0 Å². The highest BCUT2D eigenvalue weighted by Gasteiger charge is 2.07. The number of aliphatic carboxylic acids is 1. The number of rotatable bonds is 8. The van der Waals surface area contributed by atoms with E-state index in [2.05, 4.69) is 24.5 Å². The molecule has 0 radical (unpaired) electrons. The Kier molecular flexibility index (Phi) is 7.75. The van der Waals surface area contributed by atoms with Crippen molar-refractivity contribution in [1.82, 2.24) is 10.6 Å². The Balaban J connectivity index is 3.55. The first-order valence-electron chi connectivity index (χ1n) is 5.67. The van der Waals surface area contributed by atoms with Gasteiger partial charge >= 0.3 is 5.97 Å². The van der Waals surface area contributed by atoms with E-state index in [1.807, 2.05) is 0 Å². The lowest BCUT2D eigenvalue weighted by Gasteiger charge is -2.07. The molecular weight excluding hydrogens is 224 g/mol. The molecule has 0 saturated heterocycles. The monoisotopic (exact) mass is 244 g/mol. The summed E-state index contributed by atoms with van der Waals surface area (Å²) in [6, 6.07) is 0. The number of carbonyl (C=O) groups is 3. The highest BCUT2D eigenvalue weighted by Crippen LogP contribution is 1.97. The van der Waals surface area contributed by atoms with E-state index >= 15 is 0 Å². The van der Waals surface area contributed by atoms with Gasteiger partial charge in [-0.2, -0.15) is 0 Å². The number of carbonyl (C=O) groups excluding carboxylic acids is 2. The lowest BCUT2D eigenvalue weighted by molar-refractivity contribution is -0.138. The van der Waals surface area contributed by atoms with Crippen molar-refractivity contribution >= 4 is 17.8 Å². The van der Waals surface area contributed by atoms with Gasteiger partial charge in [0.15, 0.2) is 0 Å². The quantitative estimate of drug-likeness (QED) is 0.565. The second kappa shape index (κ2) is 8.55. The zero-order valence-electron chi connectivity index (χ0n) is 10.3. The predicted molar refractivity (Wildman–Crippen MR) is 62.3 cm³/mol. The molecule has 0 atom stereocenters. The molecule has 0 rings (SSSR count). The standard InChI is InChI=1S/C11H20N2O4/c1-8(2)5-6-12-9(14)3-4-10(15)13-7-11(16)17/h8H,3-7H2,1-2H3,(H,12,14)(H,13,15)(H,16,17). The third-order valence-corrected chi connectivity index (χ3v) is 2.06. The van der Waals surface area contributed by atoms with Crippen LogP contribution in [0.5, 0.6) is 0 Å². The maximum Gasteiger partial charge on any atom is 0.322 e. The molecule has 0 aliphatic heterocycles. The fourth-order valence-electron chi connectivity index (χ4n) is 1.08. The minimum absolute atomic E-state index is 0.0147. The number of hydrogen-bond acceptors (Lipinski definition) is 3. The van der Waals surface area contributed by atoms with Crippen molar-refractivity contribution < 1.29 is 19.5 Å². The van der Waals surface area contributed by atoms with Crippen LogP contribution >= 0.6 is 0 Å². The molecule has 0 saturated carbocycles. The number of carboxylic acids is 1. The first-order chi connectivity index (χ1) is 7.91. The molecule has 0 heterocycles. The van der Waals surface area contributed by atoms with Crippen LogP contribution in [-0.2, 0) is 14.4 Å². The molecule has 0 aromatic carbocycles. The molecule has 98 valence electrons. The van der Waals surface area contributed by atoms with Crippen LogP contribution in [0.1, 0.15) is 33.1 Å². The Bertz CT molecular complexity index is 277. The second-order valence-corrected chi connectivity index (χ2v) is 4.20. The third-order valence-electron chi connectivity index (χ3n) is 2.06. The van der Waals surface area contributed by atoms with Crippen LogP contribution < -0.4 is 10.6 Å². The van der Waals surface area contributed by atoms with Crippen LogP contribution in [-0.4, -0.2) is 36.0 Å². The average Bonchev–Trinajstić information content (AvgIpc) is 2.23. The number of hydrogen-bond donors (Lipinski definition) is 3. The Labute approximate surface area is 101 Å². The van der Waals surface area contributed by atoms with E-state index in [-0.39, 0.29) is 18.7 Å². The highest BCUT2D eigenvalue weighted by atomic mass is 16.4. The summed E-state index contributed by atoms with van der Waals surface area (Å²) < 4.78 is 0. The summed E-state index contributed by atoms with van der Waals surface area (Å²) >= 11 is 0. The second-order valence-electron chi connectivity index (χ2n) is 4.20. The van der Waals surface area contributed by atoms with Crippen LogP contribution in [0.15, 0.2) is 0 Å². The lowest BCUT2D eigenvalue weighted by atomic mass is 10.1. The van der Waals surface area contributed by atoms with Crippen molar-refractivity contribution in [2.45, 2.75) is 33.1 Å². The van der Waals surface area contributed by atoms with Crippen LogP contribution in [0, 0.1) is 5.92 Å². The summed E-state index contributed by atoms with van der Waals surface area (Å²) in [6.45, 7) is 4.32. The van der Waals surface area contributed by atoms with Crippen molar-refractivity contribution in [3.63, 3.8) is 0 Å². The normalized spacial score (nSPS) is 10.1. The minimum Gasteiger partial charge on any atom is -0.480 e. The lowest BCUT2D eigenvalue weighted by Crippen LogP contribution is -2.31. The SMILES string of the molecule is CC(C)CCNC(=O)CCC(=O)NCC(=O)O. The first-order valence-corrected chi connectivity index (χ1v) is 5.67. The largest absolute Gasteiger partial charge is 0.480 e. The van der Waals surface area contributed by atoms with Gasteiger partial charge in [0.05, 0.1) is 0 Å². The Hall–Kier alpha value is -1.59. The van der Waals surface area contributed by atoms with Gasteiger partial charge in [0, 0.05) is 19.4 Å². The Morgan fingerprint density at radius 1 is 1.06 bits per heavy atom. The van der Waals surface area contributed by atoms with Crippen molar-refractivity contribution in [3.05, 3.63) is 0 Å². The molecule has 0 aliphatic rings. The van der Waals surface area contributed by atoms with Crippen LogP contribution in [0.25, 0.3) is 0 Å². The summed E-state index contributed by atoms with van der Waals surface area (Å²) in [7, 11) is 0. The van der Waals surface area contributed by atoms with E-state index in [1.165, 1.54) is 0 Å². The van der Waals surface area contributed by atoms with Gasteiger partial charge in [0.1, 0.15) is 6.54 Å². The topological polar surface area (TPSA) is 95.5 Å². The van der Waals surface area contributed by atoms with Crippen molar-refractivity contribution in [2.75, 3.05) is 13.1 Å². The van der Waals surface area contributed by atoms with Crippen LogP contribution in [0.2, 0.25) is 0 Å². The molecule has 0 fully saturated rings. The highest BCUT2D eigenvalue weighted by molar-refractivity contribution is 5.85. The van der Waals surface area contributed by atoms with E-state index in [1.54, 1.807) is 0 Å². The predicted octanol–water partition coefficient (Wildman–Crippen LogP) is 0.130. The fourth-order valence-corrected chi connectivity index (χ4v) is 1.08.